The van der Waals surface area contributed by atoms with E-state index >= 15 is 0 Å². The minimum Gasteiger partial charge on any atom is -0.462 e. The van der Waals surface area contributed by atoms with E-state index in [0.29, 0.717) is 11.4 Å². The Bertz CT molecular complexity index is 542. The minimum absolute atomic E-state index is 0.0359. The van der Waals surface area contributed by atoms with Crippen molar-refractivity contribution in [1.29, 1.82) is 0 Å². The zero-order valence-electron chi connectivity index (χ0n) is 11.2. The lowest BCUT2D eigenvalue weighted by Crippen LogP contribution is -2.26. The number of rotatable bonds is 6. The van der Waals surface area contributed by atoms with Crippen molar-refractivity contribution >= 4 is 21.6 Å². The third kappa shape index (κ3) is 5.25. The lowest BCUT2D eigenvalue weighted by molar-refractivity contribution is 0.0527. The Morgan fingerprint density at radius 2 is 2.21 bits per heavy atom. The number of sulfone groups is 1. The van der Waals surface area contributed by atoms with E-state index in [1.807, 2.05) is 0 Å². The molecule has 0 aliphatic heterocycles. The van der Waals surface area contributed by atoms with Crippen LogP contribution in [0.5, 0.6) is 0 Å². The first-order valence-electron chi connectivity index (χ1n) is 5.90. The van der Waals surface area contributed by atoms with Crippen molar-refractivity contribution in [2.45, 2.75) is 19.9 Å². The van der Waals surface area contributed by atoms with E-state index in [2.05, 4.69) is 10.3 Å². The molecule has 7 heteroatoms. The first-order chi connectivity index (χ1) is 8.83. The molecule has 1 N–H and O–H groups in total. The number of nitrogens with zero attached hydrogens (tertiary/aromatic N) is 1. The number of esters is 1. The van der Waals surface area contributed by atoms with E-state index in [4.69, 9.17) is 4.74 Å². The zero-order valence-corrected chi connectivity index (χ0v) is 12.0. The molecule has 0 aliphatic carbocycles. The lowest BCUT2D eigenvalue weighted by atomic mass is 10.2. The first-order valence-corrected chi connectivity index (χ1v) is 7.96. The molecule has 0 spiro atoms. The van der Waals surface area contributed by atoms with Gasteiger partial charge in [0.05, 0.1) is 12.4 Å². The summed E-state index contributed by atoms with van der Waals surface area (Å²) in [5.74, 6) is -0.187. The van der Waals surface area contributed by atoms with Crippen LogP contribution in [0, 0.1) is 0 Å². The number of pyridine rings is 1. The molecular formula is C12H18N2O4S. The van der Waals surface area contributed by atoms with Crippen LogP contribution >= 0.6 is 0 Å². The van der Waals surface area contributed by atoms with Gasteiger partial charge >= 0.3 is 5.97 Å². The molecule has 19 heavy (non-hydrogen) atoms. The second-order valence-corrected chi connectivity index (χ2v) is 6.44. The smallest absolute Gasteiger partial charge is 0.341 e. The fourth-order valence-electron chi connectivity index (χ4n) is 1.62. The average molecular weight is 286 g/mol. The van der Waals surface area contributed by atoms with Gasteiger partial charge in [-0.3, -0.25) is 0 Å². The molecule has 0 radical (unpaired) electrons. The van der Waals surface area contributed by atoms with E-state index in [9.17, 15) is 13.2 Å². The van der Waals surface area contributed by atoms with Crippen molar-refractivity contribution in [3.8, 4) is 0 Å². The molecule has 0 saturated carbocycles. The molecule has 0 saturated heterocycles. The molecule has 0 amide bonds. The van der Waals surface area contributed by atoms with Gasteiger partial charge < -0.3 is 10.1 Å². The van der Waals surface area contributed by atoms with Gasteiger partial charge in [-0.1, -0.05) is 0 Å². The van der Waals surface area contributed by atoms with Crippen molar-refractivity contribution < 1.29 is 17.9 Å². The fourth-order valence-corrected chi connectivity index (χ4v) is 2.61. The van der Waals surface area contributed by atoms with E-state index in [1.165, 1.54) is 6.20 Å². The van der Waals surface area contributed by atoms with E-state index in [-0.39, 0.29) is 18.4 Å². The summed E-state index contributed by atoms with van der Waals surface area (Å²) in [5, 5.41) is 2.92. The van der Waals surface area contributed by atoms with Crippen molar-refractivity contribution in [1.82, 2.24) is 4.98 Å². The summed E-state index contributed by atoms with van der Waals surface area (Å²) in [5.41, 5.74) is 0.296. The van der Waals surface area contributed by atoms with Gasteiger partial charge in [0.15, 0.2) is 0 Å². The number of ether oxygens (including phenoxy) is 1. The highest BCUT2D eigenvalue weighted by Crippen LogP contribution is 2.14. The summed E-state index contributed by atoms with van der Waals surface area (Å²) in [6.07, 6.45) is 2.69. The largest absolute Gasteiger partial charge is 0.462 e. The summed E-state index contributed by atoms with van der Waals surface area (Å²) in [6, 6.07) is 2.86. The highest BCUT2D eigenvalue weighted by atomic mass is 32.2. The van der Waals surface area contributed by atoms with Gasteiger partial charge in [0.2, 0.25) is 0 Å². The van der Waals surface area contributed by atoms with Gasteiger partial charge in [-0.25, -0.2) is 18.2 Å². The number of hydrogen-bond donors (Lipinski definition) is 1. The highest BCUT2D eigenvalue weighted by molar-refractivity contribution is 7.90. The number of hydrogen-bond acceptors (Lipinski definition) is 6. The van der Waals surface area contributed by atoms with Gasteiger partial charge in [0.25, 0.3) is 0 Å². The summed E-state index contributed by atoms with van der Waals surface area (Å²) in [4.78, 5) is 15.8. The van der Waals surface area contributed by atoms with Gasteiger partial charge in [0.1, 0.15) is 21.2 Å². The molecule has 0 fully saturated rings. The molecule has 1 unspecified atom stereocenters. The topological polar surface area (TPSA) is 85.4 Å². The van der Waals surface area contributed by atoms with Crippen molar-refractivity contribution in [3.63, 3.8) is 0 Å². The van der Waals surface area contributed by atoms with Crippen LogP contribution in [0.15, 0.2) is 18.3 Å². The molecule has 0 aromatic carbocycles. The average Bonchev–Trinajstić information content (AvgIpc) is 2.27. The van der Waals surface area contributed by atoms with Crippen LogP contribution in [0.4, 0.5) is 5.82 Å². The Kier molecular flexibility index (Phi) is 5.29. The summed E-state index contributed by atoms with van der Waals surface area (Å²) in [6.45, 7) is 3.70. The third-order valence-electron chi connectivity index (χ3n) is 2.24. The van der Waals surface area contributed by atoms with Crippen LogP contribution in [-0.2, 0) is 14.6 Å². The molecule has 1 heterocycles. The first kappa shape index (κ1) is 15.4. The summed E-state index contributed by atoms with van der Waals surface area (Å²) < 4.78 is 27.3. The molecule has 1 aromatic heterocycles. The van der Waals surface area contributed by atoms with Crippen LogP contribution in [-0.4, -0.2) is 44.0 Å². The molecular weight excluding hydrogens is 268 g/mol. The molecule has 1 atom stereocenters. The van der Waals surface area contributed by atoms with Crippen LogP contribution in [0.2, 0.25) is 0 Å². The Hall–Kier alpha value is -1.63. The normalized spacial score (nSPS) is 12.8. The Morgan fingerprint density at radius 3 is 2.79 bits per heavy atom. The maximum Gasteiger partial charge on any atom is 0.341 e. The maximum atomic E-state index is 11.7. The van der Waals surface area contributed by atoms with Gasteiger partial charge in [-0.2, -0.15) is 0 Å². The molecule has 0 bridgehead atoms. The van der Waals surface area contributed by atoms with Crippen LogP contribution in [0.1, 0.15) is 24.2 Å². The van der Waals surface area contributed by atoms with E-state index in [0.717, 1.165) is 6.26 Å². The lowest BCUT2D eigenvalue weighted by Gasteiger charge is -2.15. The number of carbonyl (C=O) groups is 1. The molecule has 106 valence electrons. The van der Waals surface area contributed by atoms with Gasteiger partial charge in [0, 0.05) is 18.5 Å². The molecule has 6 nitrogen and oxygen atoms in total. The number of nitrogens with one attached hydrogen (secondary N) is 1. The number of anilines is 1. The minimum atomic E-state index is -3.09. The molecule has 1 aromatic rings. The maximum absolute atomic E-state index is 11.7. The summed E-state index contributed by atoms with van der Waals surface area (Å²) in [7, 11) is -3.09. The van der Waals surface area contributed by atoms with E-state index < -0.39 is 15.8 Å². The van der Waals surface area contributed by atoms with Crippen LogP contribution in [0.3, 0.4) is 0 Å². The van der Waals surface area contributed by atoms with Crippen molar-refractivity contribution in [3.05, 3.63) is 23.9 Å². The Balaban J connectivity index is 2.86. The second kappa shape index (κ2) is 6.51. The Labute approximate surface area is 113 Å². The van der Waals surface area contributed by atoms with Gasteiger partial charge in [-0.05, 0) is 26.0 Å². The van der Waals surface area contributed by atoms with E-state index in [1.54, 1.807) is 26.0 Å². The molecule has 1 rings (SSSR count). The van der Waals surface area contributed by atoms with Crippen molar-refractivity contribution in [2.24, 2.45) is 0 Å². The Morgan fingerprint density at radius 1 is 1.53 bits per heavy atom. The predicted octanol–water partition coefficient (Wildman–Crippen LogP) is 1.10. The second-order valence-electron chi connectivity index (χ2n) is 4.26. The zero-order chi connectivity index (χ0) is 14.5. The fraction of sp³-hybridized carbons (Fsp3) is 0.500. The monoisotopic (exact) mass is 286 g/mol. The third-order valence-corrected chi connectivity index (χ3v) is 3.34. The number of aromatic nitrogens is 1. The highest BCUT2D eigenvalue weighted by Gasteiger charge is 2.16. The van der Waals surface area contributed by atoms with Crippen LogP contribution < -0.4 is 5.32 Å². The quantitative estimate of drug-likeness (QED) is 0.788. The SMILES string of the molecule is CCOC(=O)c1cccnc1NC(C)CS(C)(=O)=O. The van der Waals surface area contributed by atoms with Crippen LogP contribution in [0.25, 0.3) is 0 Å². The van der Waals surface area contributed by atoms with Gasteiger partial charge in [-0.15, -0.1) is 0 Å². The standard InChI is InChI=1S/C12H18N2O4S/c1-4-18-12(15)10-6-5-7-13-11(10)14-9(2)8-19(3,16)17/h5-7,9H,4,8H2,1-3H3,(H,13,14). The van der Waals surface area contributed by atoms with Crippen molar-refractivity contribution in [2.75, 3.05) is 23.9 Å². The number of carbonyl (C=O) groups excluding carboxylic acids is 1. The summed E-state index contributed by atoms with van der Waals surface area (Å²) >= 11 is 0. The predicted molar refractivity (Wildman–Crippen MR) is 73.0 cm³/mol. The molecule has 0 aliphatic rings.